The van der Waals surface area contributed by atoms with E-state index in [4.69, 9.17) is 10.8 Å². The first kappa shape index (κ1) is 13.1. The molecule has 2 aliphatic rings. The number of carbonyl (C=O) groups is 2. The lowest BCUT2D eigenvalue weighted by molar-refractivity contribution is -0.147. The standard InChI is InChI=1S/C13H20N2O3/c1-2-5-15(7-10(16)17)13(18)11-8-3-4-9(6-8)12(11)14/h2,8-9,11-12H,1,3-7,14H2,(H,16,17). The summed E-state index contributed by atoms with van der Waals surface area (Å²) in [6, 6.07) is -0.0997. The molecule has 0 spiro atoms. The smallest absolute Gasteiger partial charge is 0.323 e. The van der Waals surface area contributed by atoms with Crippen molar-refractivity contribution >= 4 is 11.9 Å². The van der Waals surface area contributed by atoms with Crippen molar-refractivity contribution in [3.63, 3.8) is 0 Å². The van der Waals surface area contributed by atoms with Crippen LogP contribution in [0.3, 0.4) is 0 Å². The second-order valence-electron chi connectivity index (χ2n) is 5.34. The number of fused-ring (bicyclic) bond motifs is 2. The summed E-state index contributed by atoms with van der Waals surface area (Å²) in [5.41, 5.74) is 6.11. The Morgan fingerprint density at radius 1 is 1.39 bits per heavy atom. The van der Waals surface area contributed by atoms with E-state index in [1.54, 1.807) is 6.08 Å². The summed E-state index contributed by atoms with van der Waals surface area (Å²) in [6.07, 6.45) is 4.73. The molecule has 0 saturated heterocycles. The Morgan fingerprint density at radius 3 is 2.56 bits per heavy atom. The van der Waals surface area contributed by atoms with Crippen LogP contribution < -0.4 is 5.73 Å². The maximum Gasteiger partial charge on any atom is 0.323 e. The number of hydrogen-bond acceptors (Lipinski definition) is 3. The van der Waals surface area contributed by atoms with Crippen molar-refractivity contribution in [2.45, 2.75) is 25.3 Å². The molecule has 2 bridgehead atoms. The summed E-state index contributed by atoms with van der Waals surface area (Å²) in [6.45, 7) is 3.56. The van der Waals surface area contributed by atoms with Crippen molar-refractivity contribution in [2.24, 2.45) is 23.5 Å². The number of carboxylic acids is 1. The molecule has 2 saturated carbocycles. The maximum atomic E-state index is 12.4. The van der Waals surface area contributed by atoms with Crippen LogP contribution >= 0.6 is 0 Å². The number of carbonyl (C=O) groups excluding carboxylic acids is 1. The van der Waals surface area contributed by atoms with Crippen LogP contribution in [-0.4, -0.2) is 41.0 Å². The zero-order chi connectivity index (χ0) is 13.3. The molecule has 18 heavy (non-hydrogen) atoms. The van der Waals surface area contributed by atoms with Crippen LogP contribution in [-0.2, 0) is 9.59 Å². The normalized spacial score (nSPS) is 33.4. The van der Waals surface area contributed by atoms with Crippen LogP contribution in [0.2, 0.25) is 0 Å². The van der Waals surface area contributed by atoms with Gasteiger partial charge in [0.05, 0.1) is 5.92 Å². The molecular weight excluding hydrogens is 232 g/mol. The molecular formula is C13H20N2O3. The monoisotopic (exact) mass is 252 g/mol. The van der Waals surface area contributed by atoms with E-state index >= 15 is 0 Å². The average molecular weight is 252 g/mol. The van der Waals surface area contributed by atoms with E-state index in [1.165, 1.54) is 4.90 Å². The van der Waals surface area contributed by atoms with E-state index in [0.29, 0.717) is 11.8 Å². The minimum atomic E-state index is -0.998. The summed E-state index contributed by atoms with van der Waals surface area (Å²) < 4.78 is 0. The number of hydrogen-bond donors (Lipinski definition) is 2. The molecule has 0 aliphatic heterocycles. The molecule has 4 unspecified atom stereocenters. The van der Waals surface area contributed by atoms with Crippen LogP contribution in [0.25, 0.3) is 0 Å². The predicted molar refractivity (Wildman–Crippen MR) is 66.7 cm³/mol. The molecule has 0 radical (unpaired) electrons. The Labute approximate surface area is 107 Å². The van der Waals surface area contributed by atoms with Crippen molar-refractivity contribution in [1.82, 2.24) is 4.90 Å². The third-order valence-electron chi connectivity index (χ3n) is 4.25. The summed E-state index contributed by atoms with van der Waals surface area (Å²) in [5, 5.41) is 8.84. The highest BCUT2D eigenvalue weighted by Crippen LogP contribution is 2.48. The SMILES string of the molecule is C=CCN(CC(=O)O)C(=O)C1C2CCC(C2)C1N. The van der Waals surface area contributed by atoms with Gasteiger partial charge in [-0.2, -0.15) is 0 Å². The van der Waals surface area contributed by atoms with Crippen molar-refractivity contribution in [2.75, 3.05) is 13.1 Å². The molecule has 2 fully saturated rings. The second kappa shape index (κ2) is 5.10. The van der Waals surface area contributed by atoms with Gasteiger partial charge in [0.1, 0.15) is 6.54 Å². The Hall–Kier alpha value is -1.36. The van der Waals surface area contributed by atoms with E-state index in [-0.39, 0.29) is 31.0 Å². The number of amides is 1. The molecule has 5 heteroatoms. The fourth-order valence-corrected chi connectivity index (χ4v) is 3.46. The molecule has 4 atom stereocenters. The fourth-order valence-electron chi connectivity index (χ4n) is 3.46. The Morgan fingerprint density at radius 2 is 2.06 bits per heavy atom. The third kappa shape index (κ3) is 2.27. The van der Waals surface area contributed by atoms with Gasteiger partial charge in [0.15, 0.2) is 0 Å². The first-order valence-corrected chi connectivity index (χ1v) is 6.41. The summed E-state index contributed by atoms with van der Waals surface area (Å²) in [5.74, 6) is -0.514. The lowest BCUT2D eigenvalue weighted by atomic mass is 9.84. The van der Waals surface area contributed by atoms with E-state index in [0.717, 1.165) is 19.3 Å². The molecule has 0 heterocycles. The minimum absolute atomic E-state index is 0.0997. The zero-order valence-corrected chi connectivity index (χ0v) is 10.4. The van der Waals surface area contributed by atoms with Gasteiger partial charge in [-0.05, 0) is 31.1 Å². The predicted octanol–water partition coefficient (Wildman–Crippen LogP) is 0.459. The van der Waals surface area contributed by atoms with Crippen molar-refractivity contribution in [1.29, 1.82) is 0 Å². The number of nitrogens with zero attached hydrogens (tertiary/aromatic N) is 1. The van der Waals surface area contributed by atoms with Crippen LogP contribution in [0.4, 0.5) is 0 Å². The van der Waals surface area contributed by atoms with Gasteiger partial charge in [-0.1, -0.05) is 6.08 Å². The van der Waals surface area contributed by atoms with Gasteiger partial charge < -0.3 is 15.7 Å². The first-order valence-electron chi connectivity index (χ1n) is 6.41. The Bertz CT molecular complexity index is 367. The molecule has 1 amide bonds. The van der Waals surface area contributed by atoms with Crippen LogP contribution in [0.5, 0.6) is 0 Å². The number of rotatable bonds is 5. The molecule has 3 N–H and O–H groups in total. The summed E-state index contributed by atoms with van der Waals surface area (Å²) >= 11 is 0. The number of aliphatic carboxylic acids is 1. The van der Waals surface area contributed by atoms with E-state index in [1.807, 2.05) is 0 Å². The average Bonchev–Trinajstić information content (AvgIpc) is 2.87. The van der Waals surface area contributed by atoms with Crippen molar-refractivity contribution < 1.29 is 14.7 Å². The van der Waals surface area contributed by atoms with Gasteiger partial charge in [0, 0.05) is 12.6 Å². The van der Waals surface area contributed by atoms with Gasteiger partial charge in [0.2, 0.25) is 5.91 Å². The van der Waals surface area contributed by atoms with E-state index in [9.17, 15) is 9.59 Å². The Balaban J connectivity index is 2.08. The van der Waals surface area contributed by atoms with Crippen molar-refractivity contribution in [3.05, 3.63) is 12.7 Å². The molecule has 5 nitrogen and oxygen atoms in total. The zero-order valence-electron chi connectivity index (χ0n) is 10.4. The lowest BCUT2D eigenvalue weighted by Gasteiger charge is -2.31. The molecule has 0 aromatic carbocycles. The fraction of sp³-hybridized carbons (Fsp3) is 0.692. The van der Waals surface area contributed by atoms with Crippen molar-refractivity contribution in [3.8, 4) is 0 Å². The maximum absolute atomic E-state index is 12.4. The minimum Gasteiger partial charge on any atom is -0.480 e. The summed E-state index contributed by atoms with van der Waals surface area (Å²) in [7, 11) is 0. The van der Waals surface area contributed by atoms with Crippen LogP contribution in [0, 0.1) is 17.8 Å². The molecule has 2 rings (SSSR count). The third-order valence-corrected chi connectivity index (χ3v) is 4.25. The topological polar surface area (TPSA) is 83.6 Å². The highest BCUT2D eigenvalue weighted by atomic mass is 16.4. The molecule has 2 aliphatic carbocycles. The van der Waals surface area contributed by atoms with Crippen LogP contribution in [0.15, 0.2) is 12.7 Å². The van der Waals surface area contributed by atoms with Gasteiger partial charge in [-0.3, -0.25) is 9.59 Å². The highest BCUT2D eigenvalue weighted by molar-refractivity contribution is 5.84. The summed E-state index contributed by atoms with van der Waals surface area (Å²) in [4.78, 5) is 24.5. The quantitative estimate of drug-likeness (QED) is 0.696. The molecule has 0 aromatic heterocycles. The van der Waals surface area contributed by atoms with Crippen LogP contribution in [0.1, 0.15) is 19.3 Å². The van der Waals surface area contributed by atoms with E-state index < -0.39 is 5.97 Å². The Kier molecular flexibility index (Phi) is 3.71. The largest absolute Gasteiger partial charge is 0.480 e. The number of carboxylic acid groups (broad SMARTS) is 1. The highest BCUT2D eigenvalue weighted by Gasteiger charge is 2.50. The van der Waals surface area contributed by atoms with Gasteiger partial charge in [0.25, 0.3) is 0 Å². The van der Waals surface area contributed by atoms with Gasteiger partial charge >= 0.3 is 5.97 Å². The first-order chi connectivity index (χ1) is 8.54. The number of nitrogens with two attached hydrogens (primary N) is 1. The van der Waals surface area contributed by atoms with Gasteiger partial charge in [-0.25, -0.2) is 0 Å². The second-order valence-corrected chi connectivity index (χ2v) is 5.34. The molecule has 100 valence electrons. The molecule has 0 aromatic rings. The van der Waals surface area contributed by atoms with E-state index in [2.05, 4.69) is 6.58 Å². The lowest BCUT2D eigenvalue weighted by Crippen LogP contribution is -2.48. The van der Waals surface area contributed by atoms with Gasteiger partial charge in [-0.15, -0.1) is 6.58 Å².